The lowest BCUT2D eigenvalue weighted by Crippen LogP contribution is -2.45. The second kappa shape index (κ2) is 7.69. The average Bonchev–Trinajstić information content (AvgIpc) is 2.46. The van der Waals surface area contributed by atoms with Crippen LogP contribution >= 0.6 is 15.9 Å². The number of halogens is 1. The minimum absolute atomic E-state index is 0.318. The summed E-state index contributed by atoms with van der Waals surface area (Å²) in [6.07, 6.45) is 1.83. The number of hydrogen-bond acceptors (Lipinski definition) is 3. The lowest BCUT2D eigenvalue weighted by Gasteiger charge is -2.31. The van der Waals surface area contributed by atoms with E-state index in [9.17, 15) is 8.42 Å². The maximum atomic E-state index is 12.3. The minimum atomic E-state index is -3.39. The van der Waals surface area contributed by atoms with Gasteiger partial charge in [0.1, 0.15) is 0 Å². The van der Waals surface area contributed by atoms with Crippen LogP contribution in [0.4, 0.5) is 0 Å². The first-order valence-corrected chi connectivity index (χ1v) is 9.38. The predicted molar refractivity (Wildman–Crippen MR) is 88.1 cm³/mol. The number of hydrogen-bond donors (Lipinski definition) is 2. The van der Waals surface area contributed by atoms with E-state index < -0.39 is 10.2 Å². The molecule has 0 amide bonds. The molecule has 0 atom stereocenters. The number of nitrogens with one attached hydrogen (secondary N) is 2. The summed E-state index contributed by atoms with van der Waals surface area (Å²) in [6.45, 7) is 2.47. The molecular weight excluding hydrogens is 354 g/mol. The van der Waals surface area contributed by atoms with Gasteiger partial charge in [-0.2, -0.15) is 17.4 Å². The summed E-state index contributed by atoms with van der Waals surface area (Å²) in [5, 5.41) is 3.15. The molecule has 1 heterocycles. The van der Waals surface area contributed by atoms with Crippen molar-refractivity contribution in [2.45, 2.75) is 19.4 Å². The molecule has 0 spiro atoms. The van der Waals surface area contributed by atoms with Crippen molar-refractivity contribution in [2.24, 2.45) is 5.92 Å². The second-order valence-electron chi connectivity index (χ2n) is 5.36. The van der Waals surface area contributed by atoms with Crippen LogP contribution < -0.4 is 10.0 Å². The highest BCUT2D eigenvalue weighted by atomic mass is 79.9. The monoisotopic (exact) mass is 375 g/mol. The van der Waals surface area contributed by atoms with Crippen LogP contribution in [0.2, 0.25) is 0 Å². The quantitative estimate of drug-likeness (QED) is 0.795. The molecule has 1 aliphatic rings. The van der Waals surface area contributed by atoms with E-state index in [1.165, 1.54) is 0 Å². The number of rotatable bonds is 6. The van der Waals surface area contributed by atoms with Gasteiger partial charge in [-0.25, -0.2) is 0 Å². The molecule has 0 unspecified atom stereocenters. The van der Waals surface area contributed by atoms with Gasteiger partial charge >= 0.3 is 0 Å². The highest BCUT2D eigenvalue weighted by Gasteiger charge is 2.27. The van der Waals surface area contributed by atoms with Gasteiger partial charge in [-0.3, -0.25) is 0 Å². The van der Waals surface area contributed by atoms with Crippen LogP contribution in [-0.4, -0.2) is 39.4 Å². The van der Waals surface area contributed by atoms with Crippen molar-refractivity contribution >= 4 is 26.1 Å². The number of piperidine rings is 1. The lowest BCUT2D eigenvalue weighted by molar-refractivity contribution is 0.268. The Kier molecular flexibility index (Phi) is 6.19. The Morgan fingerprint density at radius 3 is 2.67 bits per heavy atom. The molecule has 1 aliphatic heterocycles. The Labute approximate surface area is 135 Å². The molecule has 0 bridgehead atoms. The van der Waals surface area contributed by atoms with Crippen molar-refractivity contribution in [2.75, 3.05) is 26.7 Å². The smallest absolute Gasteiger partial charge is 0.279 e. The molecule has 1 aromatic carbocycles. The minimum Gasteiger partial charge on any atom is -0.319 e. The molecule has 7 heteroatoms. The van der Waals surface area contributed by atoms with E-state index in [1.807, 2.05) is 31.3 Å². The predicted octanol–water partition coefficient (Wildman–Crippen LogP) is 1.71. The van der Waals surface area contributed by atoms with Gasteiger partial charge in [-0.15, -0.1) is 0 Å². The van der Waals surface area contributed by atoms with Gasteiger partial charge in [0.25, 0.3) is 10.2 Å². The average molecular weight is 376 g/mol. The van der Waals surface area contributed by atoms with E-state index in [-0.39, 0.29) is 0 Å². The van der Waals surface area contributed by atoms with E-state index in [1.54, 1.807) is 4.31 Å². The van der Waals surface area contributed by atoms with E-state index in [0.717, 1.165) is 29.4 Å². The van der Waals surface area contributed by atoms with Crippen LogP contribution in [0.1, 0.15) is 18.4 Å². The molecule has 2 N–H and O–H groups in total. The first-order chi connectivity index (χ1) is 10.0. The summed E-state index contributed by atoms with van der Waals surface area (Å²) in [4.78, 5) is 0. The zero-order valence-corrected chi connectivity index (χ0v) is 14.6. The van der Waals surface area contributed by atoms with Gasteiger partial charge in [-0.1, -0.05) is 28.1 Å². The third-order valence-corrected chi connectivity index (χ3v) is 5.80. The summed E-state index contributed by atoms with van der Waals surface area (Å²) >= 11 is 3.39. The van der Waals surface area contributed by atoms with E-state index in [4.69, 9.17) is 0 Å². The van der Waals surface area contributed by atoms with Gasteiger partial charge in [0.2, 0.25) is 0 Å². The highest BCUT2D eigenvalue weighted by Crippen LogP contribution is 2.18. The fourth-order valence-corrected chi connectivity index (χ4v) is 4.23. The summed E-state index contributed by atoms with van der Waals surface area (Å²) in [5.74, 6) is 0.575. The van der Waals surface area contributed by atoms with E-state index in [0.29, 0.717) is 25.6 Å². The van der Waals surface area contributed by atoms with Gasteiger partial charge in [0.05, 0.1) is 0 Å². The van der Waals surface area contributed by atoms with E-state index >= 15 is 0 Å². The summed E-state index contributed by atoms with van der Waals surface area (Å²) in [5.41, 5.74) is 0.943. The molecule has 118 valence electrons. The zero-order chi connectivity index (χ0) is 15.3. The normalized spacial score (nSPS) is 18.0. The Morgan fingerprint density at radius 2 is 2.05 bits per heavy atom. The maximum Gasteiger partial charge on any atom is 0.279 e. The van der Waals surface area contributed by atoms with Crippen molar-refractivity contribution in [3.8, 4) is 0 Å². The second-order valence-corrected chi connectivity index (χ2v) is 8.03. The summed E-state index contributed by atoms with van der Waals surface area (Å²) < 4.78 is 29.8. The first kappa shape index (κ1) is 16.9. The molecule has 1 saturated heterocycles. The molecule has 1 aromatic rings. The summed E-state index contributed by atoms with van der Waals surface area (Å²) in [6, 6.07) is 7.65. The van der Waals surface area contributed by atoms with Crippen molar-refractivity contribution < 1.29 is 8.42 Å². The molecule has 0 saturated carbocycles. The van der Waals surface area contributed by atoms with Gasteiger partial charge in [0.15, 0.2) is 0 Å². The Balaban J connectivity index is 1.88. The van der Waals surface area contributed by atoms with Crippen LogP contribution in [0.15, 0.2) is 28.7 Å². The fraction of sp³-hybridized carbons (Fsp3) is 0.571. The van der Waals surface area contributed by atoms with E-state index in [2.05, 4.69) is 26.0 Å². The van der Waals surface area contributed by atoms with Gasteiger partial charge < -0.3 is 5.32 Å². The van der Waals surface area contributed by atoms with Crippen molar-refractivity contribution in [3.05, 3.63) is 34.3 Å². The Bertz CT molecular complexity index is 557. The van der Waals surface area contributed by atoms with Gasteiger partial charge in [0, 0.05) is 24.1 Å². The fourth-order valence-electron chi connectivity index (χ4n) is 2.56. The summed E-state index contributed by atoms with van der Waals surface area (Å²) in [7, 11) is -1.45. The zero-order valence-electron chi connectivity index (χ0n) is 12.2. The van der Waals surface area contributed by atoms with Crippen LogP contribution in [-0.2, 0) is 16.8 Å². The largest absolute Gasteiger partial charge is 0.319 e. The van der Waals surface area contributed by atoms with Crippen LogP contribution in [0, 0.1) is 5.92 Å². The molecule has 0 aliphatic carbocycles. The van der Waals surface area contributed by atoms with Crippen molar-refractivity contribution in [1.29, 1.82) is 0 Å². The van der Waals surface area contributed by atoms with Crippen molar-refractivity contribution in [3.63, 3.8) is 0 Å². The first-order valence-electron chi connectivity index (χ1n) is 7.15. The van der Waals surface area contributed by atoms with Crippen LogP contribution in [0.3, 0.4) is 0 Å². The maximum absolute atomic E-state index is 12.3. The van der Waals surface area contributed by atoms with Crippen LogP contribution in [0.25, 0.3) is 0 Å². The lowest BCUT2D eigenvalue weighted by atomic mass is 9.98. The molecule has 21 heavy (non-hydrogen) atoms. The number of nitrogens with zero attached hydrogens (tertiary/aromatic N) is 1. The Morgan fingerprint density at radius 1 is 1.33 bits per heavy atom. The highest BCUT2D eigenvalue weighted by molar-refractivity contribution is 9.10. The molecular formula is C14H22BrN3O2S. The molecule has 2 rings (SSSR count). The third kappa shape index (κ3) is 5.03. The van der Waals surface area contributed by atoms with Crippen LogP contribution in [0.5, 0.6) is 0 Å². The Hall–Kier alpha value is -0.470. The van der Waals surface area contributed by atoms with Gasteiger partial charge in [-0.05, 0) is 50.0 Å². The third-order valence-electron chi connectivity index (χ3n) is 3.75. The van der Waals surface area contributed by atoms with Crippen molar-refractivity contribution in [1.82, 2.24) is 14.3 Å². The molecule has 5 nitrogen and oxygen atoms in total. The number of benzene rings is 1. The standard InChI is InChI=1S/C14H22BrN3O2S/c1-16-10-12-5-7-18(8-6-12)21(19,20)17-11-13-3-2-4-14(15)9-13/h2-4,9,12,16-17H,5-8,10-11H2,1H3. The topological polar surface area (TPSA) is 61.4 Å². The molecule has 0 radical (unpaired) electrons. The molecule has 0 aromatic heterocycles. The SMILES string of the molecule is CNCC1CCN(S(=O)(=O)NCc2cccc(Br)c2)CC1. The molecule has 1 fully saturated rings.